The molecule has 1 heterocycles. The van der Waals surface area contributed by atoms with Crippen LogP contribution in [0.1, 0.15) is 12.5 Å². The molecule has 7 heteroatoms. The molecule has 0 bridgehead atoms. The Morgan fingerprint density at radius 2 is 2.11 bits per heavy atom. The van der Waals surface area contributed by atoms with E-state index in [0.29, 0.717) is 0 Å². The first kappa shape index (κ1) is 15.3. The lowest BCUT2D eigenvalue weighted by molar-refractivity contribution is 0.737. The predicted molar refractivity (Wildman–Crippen MR) is 87.3 cm³/mol. The maximum absolute atomic E-state index is 5.81. The van der Waals surface area contributed by atoms with Crippen LogP contribution in [0.4, 0.5) is 0 Å². The quantitative estimate of drug-likeness (QED) is 0.798. The van der Waals surface area contributed by atoms with E-state index in [4.69, 9.17) is 5.73 Å². The molecule has 0 fully saturated rings. The van der Waals surface area contributed by atoms with Crippen LogP contribution < -0.4 is 5.73 Å². The highest BCUT2D eigenvalue weighted by molar-refractivity contribution is 9.10. The first-order chi connectivity index (χ1) is 9.08. The second kappa shape index (κ2) is 7.08. The van der Waals surface area contributed by atoms with Crippen LogP contribution in [-0.4, -0.2) is 22.5 Å². The van der Waals surface area contributed by atoms with E-state index in [2.05, 4.69) is 44.3 Å². The molecule has 102 valence electrons. The molecule has 2 aromatic rings. The van der Waals surface area contributed by atoms with Gasteiger partial charge in [0.25, 0.3) is 0 Å². The van der Waals surface area contributed by atoms with Crippen molar-refractivity contribution in [1.82, 2.24) is 10.2 Å². The van der Waals surface area contributed by atoms with Crippen LogP contribution in [0.25, 0.3) is 0 Å². The monoisotopic (exact) mass is 375 g/mol. The summed E-state index contributed by atoms with van der Waals surface area (Å²) in [5, 5.41) is 8.26. The summed E-state index contributed by atoms with van der Waals surface area (Å²) < 4.78 is 3.04. The van der Waals surface area contributed by atoms with Crippen molar-refractivity contribution in [2.24, 2.45) is 5.73 Å². The van der Waals surface area contributed by atoms with Gasteiger partial charge in [0.1, 0.15) is 0 Å². The van der Waals surface area contributed by atoms with Gasteiger partial charge in [0.15, 0.2) is 8.68 Å². The summed E-state index contributed by atoms with van der Waals surface area (Å²) in [5.41, 5.74) is 7.06. The van der Waals surface area contributed by atoms with Gasteiger partial charge in [-0.3, -0.25) is 0 Å². The molecule has 1 aromatic heterocycles. The number of rotatable bonds is 5. The third-order valence-electron chi connectivity index (χ3n) is 2.31. The molecular weight excluding hydrogens is 362 g/mol. The zero-order chi connectivity index (χ0) is 13.8. The Morgan fingerprint density at radius 1 is 1.37 bits per heavy atom. The van der Waals surface area contributed by atoms with E-state index in [0.717, 1.165) is 24.5 Å². The topological polar surface area (TPSA) is 51.8 Å². The third-order valence-corrected chi connectivity index (χ3v) is 6.26. The molecule has 0 aliphatic heterocycles. The Bertz CT molecular complexity index is 557. The normalized spacial score (nSPS) is 12.6. The number of halogens is 1. The lowest BCUT2D eigenvalue weighted by Gasteiger charge is -2.08. The molecule has 0 spiro atoms. The van der Waals surface area contributed by atoms with Crippen LogP contribution in [0.2, 0.25) is 0 Å². The number of hydrogen-bond donors (Lipinski definition) is 1. The summed E-state index contributed by atoms with van der Waals surface area (Å²) in [6, 6.07) is 6.53. The molecule has 2 rings (SSSR count). The van der Waals surface area contributed by atoms with Crippen molar-refractivity contribution in [2.75, 3.05) is 6.26 Å². The van der Waals surface area contributed by atoms with Crippen LogP contribution in [0.5, 0.6) is 0 Å². The molecule has 19 heavy (non-hydrogen) atoms. The van der Waals surface area contributed by atoms with E-state index in [1.165, 1.54) is 5.56 Å². The maximum atomic E-state index is 5.81. The number of nitrogens with zero attached hydrogens (tertiary/aromatic N) is 2. The fraction of sp³-hybridized carbons (Fsp3) is 0.333. The van der Waals surface area contributed by atoms with Crippen molar-refractivity contribution in [1.29, 1.82) is 0 Å². The molecule has 1 atom stereocenters. The number of thioether (sulfide) groups is 1. The Morgan fingerprint density at radius 3 is 2.68 bits per heavy atom. The van der Waals surface area contributed by atoms with Crippen molar-refractivity contribution in [3.05, 3.63) is 28.2 Å². The lowest BCUT2D eigenvalue weighted by Crippen LogP contribution is -2.17. The summed E-state index contributed by atoms with van der Waals surface area (Å²) >= 11 is 8.47. The van der Waals surface area contributed by atoms with Gasteiger partial charge in [0.2, 0.25) is 0 Å². The molecule has 0 amide bonds. The van der Waals surface area contributed by atoms with Gasteiger partial charge in [0, 0.05) is 15.4 Å². The Balaban J connectivity index is 2.12. The van der Waals surface area contributed by atoms with Gasteiger partial charge in [0.05, 0.1) is 0 Å². The number of hydrogen-bond acceptors (Lipinski definition) is 6. The SMILES string of the molecule is CSc1nnc(Sc2ccc(CC(C)N)cc2Br)s1. The minimum atomic E-state index is 0.178. The van der Waals surface area contributed by atoms with Crippen LogP contribution in [0, 0.1) is 0 Å². The average Bonchev–Trinajstić information content (AvgIpc) is 2.80. The zero-order valence-electron chi connectivity index (χ0n) is 10.6. The summed E-state index contributed by atoms with van der Waals surface area (Å²) in [6.45, 7) is 2.02. The summed E-state index contributed by atoms with van der Waals surface area (Å²) in [6.07, 6.45) is 2.90. The van der Waals surface area contributed by atoms with Gasteiger partial charge in [-0.1, -0.05) is 40.9 Å². The first-order valence-corrected chi connectivity index (χ1v) is 9.33. The number of nitrogens with two attached hydrogens (primary N) is 1. The van der Waals surface area contributed by atoms with Crippen LogP contribution in [-0.2, 0) is 6.42 Å². The van der Waals surface area contributed by atoms with E-state index in [-0.39, 0.29) is 6.04 Å². The minimum absolute atomic E-state index is 0.178. The number of benzene rings is 1. The van der Waals surface area contributed by atoms with Gasteiger partial charge < -0.3 is 5.73 Å². The molecule has 0 aliphatic carbocycles. The summed E-state index contributed by atoms with van der Waals surface area (Å²) in [5.74, 6) is 0. The van der Waals surface area contributed by atoms with Crippen LogP contribution in [0.3, 0.4) is 0 Å². The van der Waals surface area contributed by atoms with Gasteiger partial charge in [-0.15, -0.1) is 10.2 Å². The van der Waals surface area contributed by atoms with Crippen molar-refractivity contribution in [3.8, 4) is 0 Å². The van der Waals surface area contributed by atoms with Gasteiger partial charge in [-0.05, 0) is 53.2 Å². The van der Waals surface area contributed by atoms with Crippen molar-refractivity contribution < 1.29 is 0 Å². The first-order valence-electron chi connectivity index (χ1n) is 5.68. The van der Waals surface area contributed by atoms with Gasteiger partial charge >= 0.3 is 0 Å². The highest BCUT2D eigenvalue weighted by Gasteiger charge is 2.09. The molecule has 2 N–H and O–H groups in total. The molecule has 3 nitrogen and oxygen atoms in total. The Kier molecular flexibility index (Phi) is 5.70. The smallest absolute Gasteiger partial charge is 0.179 e. The van der Waals surface area contributed by atoms with E-state index in [1.807, 2.05) is 13.2 Å². The zero-order valence-corrected chi connectivity index (χ0v) is 14.6. The highest BCUT2D eigenvalue weighted by atomic mass is 79.9. The molecule has 0 saturated heterocycles. The second-order valence-corrected chi connectivity index (χ2v) is 8.26. The van der Waals surface area contributed by atoms with Crippen LogP contribution in [0.15, 0.2) is 36.2 Å². The van der Waals surface area contributed by atoms with Gasteiger partial charge in [-0.2, -0.15) is 0 Å². The molecule has 1 unspecified atom stereocenters. The fourth-order valence-electron chi connectivity index (χ4n) is 1.54. The molecule has 1 aromatic carbocycles. The highest BCUT2D eigenvalue weighted by Crippen LogP contribution is 2.37. The van der Waals surface area contributed by atoms with E-state index >= 15 is 0 Å². The third kappa shape index (κ3) is 4.46. The van der Waals surface area contributed by atoms with Crippen molar-refractivity contribution in [2.45, 2.75) is 33.0 Å². The standard InChI is InChI=1S/C12H14BrN3S3/c1-7(14)5-8-3-4-10(9(13)6-8)18-12-16-15-11(17-2)19-12/h3-4,6-7H,5,14H2,1-2H3. The average molecular weight is 376 g/mol. The Hall–Kier alpha value is -0.0800. The van der Waals surface area contributed by atoms with E-state index < -0.39 is 0 Å². The molecule has 0 radical (unpaired) electrons. The second-order valence-electron chi connectivity index (χ2n) is 4.09. The molecular formula is C12H14BrN3S3. The fourth-order valence-corrected chi connectivity index (χ4v) is 4.61. The number of aromatic nitrogens is 2. The molecule has 0 saturated carbocycles. The van der Waals surface area contributed by atoms with Crippen LogP contribution >= 0.6 is 50.8 Å². The summed E-state index contributed by atoms with van der Waals surface area (Å²) in [4.78, 5) is 1.15. The van der Waals surface area contributed by atoms with E-state index in [9.17, 15) is 0 Å². The predicted octanol–water partition coefficient (Wildman–Crippen LogP) is 4.06. The van der Waals surface area contributed by atoms with Gasteiger partial charge in [-0.25, -0.2) is 0 Å². The minimum Gasteiger partial charge on any atom is -0.328 e. The lowest BCUT2D eigenvalue weighted by atomic mass is 10.1. The van der Waals surface area contributed by atoms with Crippen molar-refractivity contribution in [3.63, 3.8) is 0 Å². The largest absolute Gasteiger partial charge is 0.328 e. The summed E-state index contributed by atoms with van der Waals surface area (Å²) in [7, 11) is 0. The van der Waals surface area contributed by atoms with Crippen molar-refractivity contribution >= 4 is 50.8 Å². The molecule has 0 aliphatic rings. The Labute approximate surface area is 133 Å². The maximum Gasteiger partial charge on any atom is 0.179 e. The van der Waals surface area contributed by atoms with E-state index in [1.54, 1.807) is 34.9 Å².